The second kappa shape index (κ2) is 17.0. The van der Waals surface area contributed by atoms with Gasteiger partial charge in [-0.1, -0.05) is 127 Å². The topological polar surface area (TPSA) is 3.24 Å². The summed E-state index contributed by atoms with van der Waals surface area (Å²) in [5, 5.41) is 7.86. The van der Waals surface area contributed by atoms with Crippen molar-refractivity contribution < 1.29 is 17.1 Å². The first-order valence-corrected chi connectivity index (χ1v) is 17.7. The molecule has 4 aromatic rings. The van der Waals surface area contributed by atoms with Crippen LogP contribution in [0.15, 0.2) is 184 Å². The van der Waals surface area contributed by atoms with E-state index in [1.807, 2.05) is 0 Å². The Bertz CT molecular complexity index is 1980. The third-order valence-electron chi connectivity index (χ3n) is 7.49. The first-order valence-electron chi connectivity index (χ1n) is 15.0. The van der Waals surface area contributed by atoms with E-state index in [-0.39, 0.29) is 23.1 Å². The molecule has 2 radical (unpaired) electrons. The van der Waals surface area contributed by atoms with Gasteiger partial charge in [0, 0.05) is 10.9 Å². The van der Waals surface area contributed by atoms with Gasteiger partial charge in [-0.05, 0) is 62.5 Å². The van der Waals surface area contributed by atoms with Crippen molar-refractivity contribution in [2.75, 3.05) is 14.1 Å². The van der Waals surface area contributed by atoms with Crippen molar-refractivity contribution >= 4 is 37.1 Å². The van der Waals surface area contributed by atoms with Crippen molar-refractivity contribution in [3.8, 4) is 0 Å². The predicted octanol–water partition coefficient (Wildman–Crippen LogP) is 8.08. The van der Waals surface area contributed by atoms with Crippen molar-refractivity contribution in [3.63, 3.8) is 0 Å². The molecule has 7 rings (SSSR count). The number of hydrogen-bond donors (Lipinski definition) is 0. The quantitative estimate of drug-likeness (QED) is 0.0749. The van der Waals surface area contributed by atoms with Crippen LogP contribution in [-0.2, 0) is 17.1 Å². The summed E-state index contributed by atoms with van der Waals surface area (Å²) >= 11 is 0. The molecule has 3 aliphatic carbocycles. The Morgan fingerprint density at radius 1 is 0.681 bits per heavy atom. The zero-order valence-electron chi connectivity index (χ0n) is 26.1. The minimum atomic E-state index is -0.829. The molecule has 0 heterocycles. The normalized spacial score (nSPS) is 14.6. The van der Waals surface area contributed by atoms with Crippen molar-refractivity contribution in [2.45, 2.75) is 6.04 Å². The molecule has 0 aromatic heterocycles. The van der Waals surface area contributed by atoms with Crippen LogP contribution in [0.5, 0.6) is 0 Å². The standard InChI is InChI=1S/C38H31NP2.C5.Fe/c1-39(2)38(35-27-17-29-37(35)41(32-22-11-5-12-23-32)33-24-13-6-14-25-33)34-26-15-16-28-36(34)40(30-18-7-3-8-19-30)31-20-9-4-10-21-31;1-2-4-5-3-1;/h3-16,18-26,28,38H,1-2H3;;/q2*-1;+2/t38-;;/m0../s1. The molecule has 2 atom stereocenters. The van der Waals surface area contributed by atoms with Gasteiger partial charge < -0.3 is 0 Å². The molecular weight excluding hydrogens is 648 g/mol. The number of rotatable bonds is 9. The van der Waals surface area contributed by atoms with Gasteiger partial charge in [-0.25, -0.2) is 5.73 Å². The van der Waals surface area contributed by atoms with E-state index < -0.39 is 15.8 Å². The summed E-state index contributed by atoms with van der Waals surface area (Å²) < 4.78 is 0. The Labute approximate surface area is 292 Å². The fourth-order valence-electron chi connectivity index (χ4n) is 5.57. The fraction of sp³-hybridized carbons (Fsp3) is 0.0698. The average molecular weight is 680 g/mol. The van der Waals surface area contributed by atoms with Crippen LogP contribution in [0.2, 0.25) is 0 Å². The van der Waals surface area contributed by atoms with Crippen LogP contribution in [-0.4, -0.2) is 19.0 Å². The molecule has 0 spiro atoms. The fourth-order valence-corrected chi connectivity index (χ4v) is 10.4. The molecule has 0 saturated heterocycles. The monoisotopic (exact) mass is 679 g/mol. The summed E-state index contributed by atoms with van der Waals surface area (Å²) in [6.45, 7) is 0. The van der Waals surface area contributed by atoms with Crippen LogP contribution < -0.4 is 21.2 Å². The first-order chi connectivity index (χ1) is 22.7. The summed E-state index contributed by atoms with van der Waals surface area (Å²) in [7, 11) is 2.75. The van der Waals surface area contributed by atoms with Gasteiger partial charge in [0.1, 0.15) is 0 Å². The molecule has 0 saturated carbocycles. The van der Waals surface area contributed by atoms with E-state index in [9.17, 15) is 0 Å². The van der Waals surface area contributed by atoms with Crippen molar-refractivity contribution in [1.82, 2.24) is 4.90 Å². The predicted molar refractivity (Wildman–Crippen MR) is 195 cm³/mol. The number of benzene rings is 4. The summed E-state index contributed by atoms with van der Waals surface area (Å²) in [5.41, 5.74) is 20.3. The van der Waals surface area contributed by atoms with Gasteiger partial charge in [0.05, 0.1) is 6.04 Å². The summed E-state index contributed by atoms with van der Waals surface area (Å²) in [6.07, 6.45) is 15.9. The van der Waals surface area contributed by atoms with Gasteiger partial charge in [-0.15, -0.1) is 23.9 Å². The number of hydrogen-bond acceptors (Lipinski definition) is 1. The largest absolute Gasteiger partial charge is 2.00 e. The molecule has 4 heteroatoms. The summed E-state index contributed by atoms with van der Waals surface area (Å²) in [5.74, 6) is 0. The van der Waals surface area contributed by atoms with Crippen LogP contribution in [0.1, 0.15) is 11.6 Å². The van der Waals surface area contributed by atoms with E-state index in [0.717, 1.165) is 5.57 Å². The van der Waals surface area contributed by atoms with Gasteiger partial charge in [0.25, 0.3) is 0 Å². The molecule has 0 bridgehead atoms. The zero-order chi connectivity index (χ0) is 31.6. The van der Waals surface area contributed by atoms with Gasteiger partial charge in [-0.2, -0.15) is 24.6 Å². The Morgan fingerprint density at radius 3 is 1.79 bits per heavy atom. The molecule has 0 fully saturated rings. The van der Waals surface area contributed by atoms with Crippen LogP contribution in [0.25, 0.3) is 0 Å². The Hall–Kier alpha value is -4.27. The van der Waals surface area contributed by atoms with Crippen molar-refractivity contribution in [2.24, 2.45) is 0 Å². The minimum Gasteiger partial charge on any atom is -0.298 e. The molecule has 0 aliphatic heterocycles. The second-order valence-corrected chi connectivity index (χ2v) is 15.0. The summed E-state index contributed by atoms with van der Waals surface area (Å²) in [6, 6.07) is 41.6. The van der Waals surface area contributed by atoms with E-state index in [1.54, 1.807) is 0 Å². The molecule has 226 valence electrons. The smallest absolute Gasteiger partial charge is 0.298 e. The van der Waals surface area contributed by atoms with Gasteiger partial charge in [0.15, 0.2) is 0 Å². The Morgan fingerprint density at radius 2 is 1.28 bits per heavy atom. The third-order valence-corrected chi connectivity index (χ3v) is 12.4. The molecule has 0 N–H and O–H groups in total. The second-order valence-electron chi connectivity index (χ2n) is 10.7. The maximum absolute atomic E-state index is 3.55. The van der Waals surface area contributed by atoms with E-state index in [4.69, 9.17) is 0 Å². The van der Waals surface area contributed by atoms with Crippen LogP contribution in [0.3, 0.4) is 0 Å². The van der Waals surface area contributed by atoms with Crippen LogP contribution in [0.4, 0.5) is 0 Å². The number of allylic oxidation sites excluding steroid dienone is 6. The maximum Gasteiger partial charge on any atom is 2.00 e. The van der Waals surface area contributed by atoms with E-state index in [2.05, 4.69) is 212 Å². The number of nitrogens with zero attached hydrogens (tertiary/aromatic N) is 1. The average Bonchev–Trinajstić information content (AvgIpc) is 3.85. The Balaban J connectivity index is 0.000000662. The molecule has 1 nitrogen and oxygen atoms in total. The zero-order valence-corrected chi connectivity index (χ0v) is 29.0. The van der Waals surface area contributed by atoms with Crippen molar-refractivity contribution in [1.29, 1.82) is 0 Å². The molecule has 0 amide bonds. The molecule has 47 heavy (non-hydrogen) atoms. The van der Waals surface area contributed by atoms with Gasteiger partial charge >= 0.3 is 17.1 Å². The van der Waals surface area contributed by atoms with Gasteiger partial charge in [0.2, 0.25) is 0 Å². The molecular formula is C43H31FeNP2. The molecule has 1 unspecified atom stereocenters. The molecule has 3 aliphatic rings. The van der Waals surface area contributed by atoms with E-state index >= 15 is 0 Å². The van der Waals surface area contributed by atoms with Crippen LogP contribution >= 0.6 is 15.8 Å². The third kappa shape index (κ3) is 8.18. The van der Waals surface area contributed by atoms with E-state index in [1.165, 1.54) is 37.4 Å². The Kier molecular flexibility index (Phi) is 12.4. The van der Waals surface area contributed by atoms with E-state index in [0.29, 0.717) is 0 Å². The number of likely N-dealkylation sites (N-methyl/N-ethyl adjacent to an activating group) is 1. The van der Waals surface area contributed by atoms with Crippen molar-refractivity contribution in [3.05, 3.63) is 215 Å². The maximum atomic E-state index is 3.55. The minimum absolute atomic E-state index is 0. The summed E-state index contributed by atoms with van der Waals surface area (Å²) in [4.78, 5) is 2.32. The van der Waals surface area contributed by atoms with Gasteiger partial charge in [-0.3, -0.25) is 16.4 Å². The molecule has 4 aromatic carbocycles. The van der Waals surface area contributed by atoms with Crippen LogP contribution in [0, 0.1) is 25.0 Å². The first kappa shape index (κ1) is 34.1. The SMILES string of the molecule is CN(C)[C@H](C1=C=C=C=C1P(c1ccccc1)c1ccccc1)c1ccccc1P(C1=C[CH]C=C[CH-]1)c1ccccc1.[C]1=C=C=C=[C-]1.[Fe+2].